The van der Waals surface area contributed by atoms with Crippen molar-refractivity contribution in [3.63, 3.8) is 0 Å². The highest BCUT2D eigenvalue weighted by Crippen LogP contribution is 2.16. The molecule has 3 heterocycles. The summed E-state index contributed by atoms with van der Waals surface area (Å²) in [5.74, 6) is 1.05. The van der Waals surface area contributed by atoms with Crippen LogP contribution in [-0.4, -0.2) is 56.6 Å². The fourth-order valence-electron chi connectivity index (χ4n) is 3.39. The normalized spacial score (nSPS) is 16.2. The number of aryl methyl sites for hydroxylation is 3. The van der Waals surface area contributed by atoms with Crippen LogP contribution in [0.5, 0.6) is 0 Å². The number of hydrogen-bond donors (Lipinski definition) is 0. The molecule has 25 heavy (non-hydrogen) atoms. The van der Waals surface area contributed by atoms with E-state index >= 15 is 0 Å². The topological polar surface area (TPSA) is 67.4 Å². The van der Waals surface area contributed by atoms with Crippen LogP contribution in [0, 0.1) is 13.8 Å². The molecule has 2 aromatic heterocycles. The zero-order valence-electron chi connectivity index (χ0n) is 15.4. The molecule has 0 spiro atoms. The number of nitrogens with zero attached hydrogens (tertiary/aromatic N) is 5. The van der Waals surface area contributed by atoms with Crippen LogP contribution < -0.4 is 0 Å². The second kappa shape index (κ2) is 7.82. The maximum atomic E-state index is 12.6. The van der Waals surface area contributed by atoms with Crippen molar-refractivity contribution in [2.24, 2.45) is 7.05 Å². The standard InChI is InChI=1S/C18H27N5O2/c1-14-17(15(2)25-20-14)5-6-18(24)23-8-4-7-22(9-10-23)12-16-11-19-13-21(16)3/h11,13H,4-10,12H2,1-3H3. The highest BCUT2D eigenvalue weighted by molar-refractivity contribution is 5.76. The molecular weight excluding hydrogens is 318 g/mol. The predicted molar refractivity (Wildman–Crippen MR) is 94.0 cm³/mol. The third-order valence-electron chi connectivity index (χ3n) is 5.01. The molecule has 1 aliphatic heterocycles. The largest absolute Gasteiger partial charge is 0.361 e. The number of hydrogen-bond acceptors (Lipinski definition) is 5. The van der Waals surface area contributed by atoms with Gasteiger partial charge < -0.3 is 14.0 Å². The summed E-state index contributed by atoms with van der Waals surface area (Å²) in [5.41, 5.74) is 3.17. The SMILES string of the molecule is Cc1noc(C)c1CCC(=O)N1CCCN(Cc2cncn2C)CC1. The lowest BCUT2D eigenvalue weighted by Crippen LogP contribution is -2.35. The van der Waals surface area contributed by atoms with Crippen LogP contribution in [0.15, 0.2) is 17.0 Å². The molecule has 0 radical (unpaired) electrons. The Hall–Kier alpha value is -2.15. The van der Waals surface area contributed by atoms with Gasteiger partial charge in [0, 0.05) is 58.0 Å². The summed E-state index contributed by atoms with van der Waals surface area (Å²) in [4.78, 5) is 21.2. The van der Waals surface area contributed by atoms with Gasteiger partial charge in [0.25, 0.3) is 0 Å². The van der Waals surface area contributed by atoms with E-state index < -0.39 is 0 Å². The molecule has 1 fully saturated rings. The van der Waals surface area contributed by atoms with E-state index in [1.165, 1.54) is 5.69 Å². The van der Waals surface area contributed by atoms with Crippen molar-refractivity contribution in [3.8, 4) is 0 Å². The summed E-state index contributed by atoms with van der Waals surface area (Å²) in [6, 6.07) is 0. The molecule has 1 amide bonds. The molecule has 2 aromatic rings. The number of amides is 1. The van der Waals surface area contributed by atoms with Crippen LogP contribution in [0.2, 0.25) is 0 Å². The molecule has 136 valence electrons. The number of aromatic nitrogens is 3. The molecular formula is C18H27N5O2. The van der Waals surface area contributed by atoms with E-state index in [4.69, 9.17) is 4.52 Å². The van der Waals surface area contributed by atoms with E-state index in [2.05, 4.69) is 19.6 Å². The average molecular weight is 345 g/mol. The molecule has 0 atom stereocenters. The highest BCUT2D eigenvalue weighted by Gasteiger charge is 2.20. The first-order chi connectivity index (χ1) is 12.0. The minimum absolute atomic E-state index is 0.224. The maximum Gasteiger partial charge on any atom is 0.222 e. The van der Waals surface area contributed by atoms with Gasteiger partial charge in [-0.25, -0.2) is 4.98 Å². The van der Waals surface area contributed by atoms with E-state index in [0.717, 1.165) is 56.2 Å². The minimum atomic E-state index is 0.224. The Morgan fingerprint density at radius 3 is 2.76 bits per heavy atom. The van der Waals surface area contributed by atoms with Crippen molar-refractivity contribution in [1.29, 1.82) is 0 Å². The molecule has 0 unspecified atom stereocenters. The zero-order valence-corrected chi connectivity index (χ0v) is 15.4. The second-order valence-corrected chi connectivity index (χ2v) is 6.81. The van der Waals surface area contributed by atoms with E-state index in [1.54, 1.807) is 0 Å². The number of imidazole rings is 1. The van der Waals surface area contributed by atoms with Crippen LogP contribution in [0.3, 0.4) is 0 Å². The Bertz CT molecular complexity index is 701. The van der Waals surface area contributed by atoms with Crippen LogP contribution in [0.4, 0.5) is 0 Å². The highest BCUT2D eigenvalue weighted by atomic mass is 16.5. The zero-order chi connectivity index (χ0) is 17.8. The number of carbonyl (C=O) groups is 1. The van der Waals surface area contributed by atoms with Gasteiger partial charge in [0.2, 0.25) is 5.91 Å². The molecule has 0 aliphatic carbocycles. The monoisotopic (exact) mass is 345 g/mol. The fourth-order valence-corrected chi connectivity index (χ4v) is 3.39. The van der Waals surface area contributed by atoms with Crippen LogP contribution in [0.1, 0.15) is 35.6 Å². The second-order valence-electron chi connectivity index (χ2n) is 6.81. The molecule has 1 saturated heterocycles. The van der Waals surface area contributed by atoms with Gasteiger partial charge in [0.05, 0.1) is 17.7 Å². The van der Waals surface area contributed by atoms with Gasteiger partial charge in [0.15, 0.2) is 0 Å². The van der Waals surface area contributed by atoms with Crippen molar-refractivity contribution in [3.05, 3.63) is 35.2 Å². The molecule has 1 aliphatic rings. The van der Waals surface area contributed by atoms with Crippen molar-refractivity contribution < 1.29 is 9.32 Å². The molecule has 3 rings (SSSR count). The van der Waals surface area contributed by atoms with E-state index in [1.807, 2.05) is 38.3 Å². The maximum absolute atomic E-state index is 12.6. The van der Waals surface area contributed by atoms with Crippen LogP contribution in [0.25, 0.3) is 0 Å². The van der Waals surface area contributed by atoms with Crippen molar-refractivity contribution >= 4 is 5.91 Å². The van der Waals surface area contributed by atoms with Gasteiger partial charge in [-0.05, 0) is 26.7 Å². The Morgan fingerprint density at radius 1 is 1.24 bits per heavy atom. The van der Waals surface area contributed by atoms with Crippen molar-refractivity contribution in [1.82, 2.24) is 24.5 Å². The summed E-state index contributed by atoms with van der Waals surface area (Å²) >= 11 is 0. The molecule has 0 bridgehead atoms. The van der Waals surface area contributed by atoms with Gasteiger partial charge in [-0.2, -0.15) is 0 Å². The van der Waals surface area contributed by atoms with E-state index in [9.17, 15) is 4.79 Å². The van der Waals surface area contributed by atoms with Crippen LogP contribution in [-0.2, 0) is 24.8 Å². The molecule has 0 saturated carbocycles. The number of carbonyl (C=O) groups excluding carboxylic acids is 1. The Morgan fingerprint density at radius 2 is 2.08 bits per heavy atom. The lowest BCUT2D eigenvalue weighted by atomic mass is 10.1. The minimum Gasteiger partial charge on any atom is -0.361 e. The summed E-state index contributed by atoms with van der Waals surface area (Å²) in [6.45, 7) is 8.26. The average Bonchev–Trinajstić information content (AvgIpc) is 3.03. The third-order valence-corrected chi connectivity index (χ3v) is 5.01. The van der Waals surface area contributed by atoms with Gasteiger partial charge in [0.1, 0.15) is 5.76 Å². The third kappa shape index (κ3) is 4.28. The van der Waals surface area contributed by atoms with Gasteiger partial charge in [-0.3, -0.25) is 9.69 Å². The van der Waals surface area contributed by atoms with Crippen molar-refractivity contribution in [2.75, 3.05) is 26.2 Å². The lowest BCUT2D eigenvalue weighted by Gasteiger charge is -2.22. The summed E-state index contributed by atoms with van der Waals surface area (Å²) in [5, 5.41) is 3.96. The smallest absolute Gasteiger partial charge is 0.222 e. The first kappa shape index (κ1) is 17.7. The van der Waals surface area contributed by atoms with Gasteiger partial charge in [-0.1, -0.05) is 5.16 Å². The Balaban J connectivity index is 1.50. The molecule has 7 heteroatoms. The summed E-state index contributed by atoms with van der Waals surface area (Å²) in [6.07, 6.45) is 5.98. The fraction of sp³-hybridized carbons (Fsp3) is 0.611. The van der Waals surface area contributed by atoms with Gasteiger partial charge in [-0.15, -0.1) is 0 Å². The molecule has 0 N–H and O–H groups in total. The van der Waals surface area contributed by atoms with Crippen molar-refractivity contribution in [2.45, 2.75) is 39.7 Å². The van der Waals surface area contributed by atoms with Gasteiger partial charge >= 0.3 is 0 Å². The van der Waals surface area contributed by atoms with E-state index in [-0.39, 0.29) is 5.91 Å². The first-order valence-electron chi connectivity index (χ1n) is 8.91. The quantitative estimate of drug-likeness (QED) is 0.825. The summed E-state index contributed by atoms with van der Waals surface area (Å²) < 4.78 is 7.23. The number of rotatable bonds is 5. The summed E-state index contributed by atoms with van der Waals surface area (Å²) in [7, 11) is 2.02. The Kier molecular flexibility index (Phi) is 5.53. The Labute approximate surface area is 148 Å². The van der Waals surface area contributed by atoms with E-state index in [0.29, 0.717) is 12.8 Å². The lowest BCUT2D eigenvalue weighted by molar-refractivity contribution is -0.131. The predicted octanol–water partition coefficient (Wildman–Crippen LogP) is 1.69. The van der Waals surface area contributed by atoms with Crippen LogP contribution >= 0.6 is 0 Å². The molecule has 0 aromatic carbocycles. The first-order valence-corrected chi connectivity index (χ1v) is 8.91. The molecule has 7 nitrogen and oxygen atoms in total.